The fraction of sp³-hybridized carbons (Fsp3) is 0.167. The Hall–Kier alpha value is -2.57. The van der Waals surface area contributed by atoms with Crippen LogP contribution in [0.3, 0.4) is 0 Å². The maximum absolute atomic E-state index is 12.0. The number of rotatable bonds is 8. The van der Waals surface area contributed by atoms with Gasteiger partial charge in [0, 0.05) is 17.5 Å². The van der Waals surface area contributed by atoms with Crippen LogP contribution in [0.15, 0.2) is 53.6 Å². The Labute approximate surface area is 160 Å². The molecule has 2 aromatic carbocycles. The zero-order valence-corrected chi connectivity index (χ0v) is 15.1. The molecule has 0 aromatic heterocycles. The first-order chi connectivity index (χ1) is 12.5. The number of amides is 1. The van der Waals surface area contributed by atoms with Crippen LogP contribution in [0.25, 0.3) is 0 Å². The molecule has 8 heteroatoms. The summed E-state index contributed by atoms with van der Waals surface area (Å²) >= 11 is 11.8. The summed E-state index contributed by atoms with van der Waals surface area (Å²) in [5.41, 5.74) is 3.55. The van der Waals surface area contributed by atoms with Crippen molar-refractivity contribution in [2.24, 2.45) is 5.10 Å². The standard InChI is InChI=1S/C18H16Cl2N2O4/c19-13-6-7-14(20)16(10-13)26-11-17(23)22-21-15(8-9-18(24)25)12-4-2-1-3-5-12/h1-7,10H,8-9,11H2,(H,22,23)(H,24,25)/b21-15-. The van der Waals surface area contributed by atoms with Crippen LogP contribution < -0.4 is 10.2 Å². The number of carboxylic acids is 1. The summed E-state index contributed by atoms with van der Waals surface area (Å²) in [5.74, 6) is -1.17. The van der Waals surface area contributed by atoms with E-state index < -0.39 is 11.9 Å². The van der Waals surface area contributed by atoms with Crippen molar-refractivity contribution in [2.75, 3.05) is 6.61 Å². The molecular weight excluding hydrogens is 379 g/mol. The van der Waals surface area contributed by atoms with Gasteiger partial charge in [0.05, 0.1) is 17.2 Å². The van der Waals surface area contributed by atoms with Gasteiger partial charge >= 0.3 is 5.97 Å². The first kappa shape index (κ1) is 19.8. The van der Waals surface area contributed by atoms with E-state index in [0.717, 1.165) is 5.56 Å². The number of hydrazone groups is 1. The van der Waals surface area contributed by atoms with Gasteiger partial charge in [-0.2, -0.15) is 5.10 Å². The maximum Gasteiger partial charge on any atom is 0.303 e. The third-order valence-electron chi connectivity index (χ3n) is 3.25. The first-order valence-electron chi connectivity index (χ1n) is 7.66. The lowest BCUT2D eigenvalue weighted by atomic mass is 10.1. The van der Waals surface area contributed by atoms with Gasteiger partial charge < -0.3 is 9.84 Å². The Morgan fingerprint density at radius 2 is 1.81 bits per heavy atom. The fourth-order valence-electron chi connectivity index (χ4n) is 2.01. The molecule has 6 nitrogen and oxygen atoms in total. The van der Waals surface area contributed by atoms with E-state index in [1.807, 2.05) is 6.07 Å². The van der Waals surface area contributed by atoms with Crippen molar-refractivity contribution < 1.29 is 19.4 Å². The molecule has 0 fully saturated rings. The number of carbonyl (C=O) groups is 2. The van der Waals surface area contributed by atoms with Crippen molar-refractivity contribution >= 4 is 40.8 Å². The van der Waals surface area contributed by atoms with Gasteiger partial charge in [0.1, 0.15) is 5.75 Å². The molecule has 0 unspecified atom stereocenters. The predicted octanol–water partition coefficient (Wildman–Crippen LogP) is 3.76. The number of nitrogens with one attached hydrogen (secondary N) is 1. The Kier molecular flexibility index (Phi) is 7.44. The van der Waals surface area contributed by atoms with Gasteiger partial charge in [-0.25, -0.2) is 5.43 Å². The molecule has 0 heterocycles. The van der Waals surface area contributed by atoms with Crippen molar-refractivity contribution in [3.63, 3.8) is 0 Å². The summed E-state index contributed by atoms with van der Waals surface area (Å²) in [5, 5.41) is 13.7. The van der Waals surface area contributed by atoms with Gasteiger partial charge in [0.15, 0.2) is 6.61 Å². The predicted molar refractivity (Wildman–Crippen MR) is 99.9 cm³/mol. The SMILES string of the molecule is O=C(O)CC/C(=N/NC(=O)COc1cc(Cl)ccc1Cl)c1ccccc1. The molecule has 0 aliphatic carbocycles. The average molecular weight is 395 g/mol. The van der Waals surface area contributed by atoms with Gasteiger partial charge in [-0.1, -0.05) is 53.5 Å². The number of hydrogen-bond acceptors (Lipinski definition) is 4. The van der Waals surface area contributed by atoms with E-state index in [1.54, 1.807) is 36.4 Å². The number of carboxylic acid groups (broad SMARTS) is 1. The van der Waals surface area contributed by atoms with Crippen LogP contribution in [-0.4, -0.2) is 29.3 Å². The first-order valence-corrected chi connectivity index (χ1v) is 8.42. The quantitative estimate of drug-likeness (QED) is 0.526. The summed E-state index contributed by atoms with van der Waals surface area (Å²) in [4.78, 5) is 22.8. The Balaban J connectivity index is 2.00. The van der Waals surface area contributed by atoms with E-state index in [2.05, 4.69) is 10.5 Å². The summed E-state index contributed by atoms with van der Waals surface area (Å²) in [7, 11) is 0. The second kappa shape index (κ2) is 9.79. The van der Waals surface area contributed by atoms with Gasteiger partial charge in [-0.15, -0.1) is 0 Å². The highest BCUT2D eigenvalue weighted by Crippen LogP contribution is 2.27. The lowest BCUT2D eigenvalue weighted by Gasteiger charge is -2.09. The molecule has 0 bridgehead atoms. The van der Waals surface area contributed by atoms with Crippen LogP contribution in [0.4, 0.5) is 0 Å². The number of ether oxygens (including phenoxy) is 1. The number of aliphatic carboxylic acids is 1. The van der Waals surface area contributed by atoms with E-state index in [4.69, 9.17) is 33.0 Å². The molecule has 0 saturated carbocycles. The molecule has 0 spiro atoms. The second-order valence-corrected chi connectivity index (χ2v) is 6.06. The van der Waals surface area contributed by atoms with E-state index in [1.165, 1.54) is 6.07 Å². The lowest BCUT2D eigenvalue weighted by Crippen LogP contribution is -2.26. The summed E-state index contributed by atoms with van der Waals surface area (Å²) in [6.45, 7) is -0.315. The van der Waals surface area contributed by atoms with Crippen LogP contribution >= 0.6 is 23.2 Å². The van der Waals surface area contributed by atoms with Crippen molar-refractivity contribution in [3.05, 3.63) is 64.1 Å². The van der Waals surface area contributed by atoms with Gasteiger partial charge in [0.2, 0.25) is 0 Å². The van der Waals surface area contributed by atoms with Crippen molar-refractivity contribution in [1.82, 2.24) is 5.43 Å². The number of halogens is 2. The van der Waals surface area contributed by atoms with Crippen LogP contribution in [0.5, 0.6) is 5.75 Å². The van der Waals surface area contributed by atoms with Crippen molar-refractivity contribution in [2.45, 2.75) is 12.8 Å². The smallest absolute Gasteiger partial charge is 0.303 e. The summed E-state index contributed by atoms with van der Waals surface area (Å²) < 4.78 is 5.32. The summed E-state index contributed by atoms with van der Waals surface area (Å²) in [6, 6.07) is 13.7. The number of nitrogens with zero attached hydrogens (tertiary/aromatic N) is 1. The van der Waals surface area contributed by atoms with Crippen LogP contribution in [0.1, 0.15) is 18.4 Å². The largest absolute Gasteiger partial charge is 0.482 e. The molecule has 0 aliphatic rings. The molecular formula is C18H16Cl2N2O4. The molecule has 2 aromatic rings. The number of hydrogen-bond donors (Lipinski definition) is 2. The van der Waals surface area contributed by atoms with Crippen molar-refractivity contribution in [3.8, 4) is 5.75 Å². The molecule has 0 aliphatic heterocycles. The van der Waals surface area contributed by atoms with E-state index in [-0.39, 0.29) is 25.2 Å². The third-order valence-corrected chi connectivity index (χ3v) is 3.80. The second-order valence-electron chi connectivity index (χ2n) is 5.22. The van der Waals surface area contributed by atoms with E-state index in [0.29, 0.717) is 15.8 Å². The Morgan fingerprint density at radius 3 is 2.50 bits per heavy atom. The van der Waals surface area contributed by atoms with E-state index >= 15 is 0 Å². The highest BCUT2D eigenvalue weighted by molar-refractivity contribution is 6.34. The van der Waals surface area contributed by atoms with Gasteiger partial charge in [0.25, 0.3) is 5.91 Å². The highest BCUT2D eigenvalue weighted by Gasteiger charge is 2.09. The third kappa shape index (κ3) is 6.38. The molecule has 2 N–H and O–H groups in total. The number of benzene rings is 2. The maximum atomic E-state index is 12.0. The minimum atomic E-state index is -0.945. The van der Waals surface area contributed by atoms with E-state index in [9.17, 15) is 9.59 Å². The minimum absolute atomic E-state index is 0.0990. The summed E-state index contributed by atoms with van der Waals surface area (Å²) in [6.07, 6.45) is 0.0822. The van der Waals surface area contributed by atoms with Gasteiger partial charge in [-0.3, -0.25) is 9.59 Å². The molecule has 2 rings (SSSR count). The van der Waals surface area contributed by atoms with Crippen molar-refractivity contribution in [1.29, 1.82) is 0 Å². The monoisotopic (exact) mass is 394 g/mol. The van der Waals surface area contributed by atoms with Crippen LogP contribution in [0.2, 0.25) is 10.0 Å². The lowest BCUT2D eigenvalue weighted by molar-refractivity contribution is -0.136. The number of carbonyl (C=O) groups excluding carboxylic acids is 1. The fourth-order valence-corrected chi connectivity index (χ4v) is 2.35. The molecule has 26 heavy (non-hydrogen) atoms. The Morgan fingerprint density at radius 1 is 1.08 bits per heavy atom. The normalized spacial score (nSPS) is 11.1. The minimum Gasteiger partial charge on any atom is -0.482 e. The highest BCUT2D eigenvalue weighted by atomic mass is 35.5. The van der Waals surface area contributed by atoms with Gasteiger partial charge in [-0.05, 0) is 17.7 Å². The molecule has 0 saturated heterocycles. The zero-order valence-electron chi connectivity index (χ0n) is 13.6. The Bertz CT molecular complexity index is 810. The average Bonchev–Trinajstić information content (AvgIpc) is 2.63. The molecule has 136 valence electrons. The zero-order chi connectivity index (χ0) is 18.9. The van der Waals surface area contributed by atoms with Crippen LogP contribution in [0, 0.1) is 0 Å². The molecule has 0 radical (unpaired) electrons. The van der Waals surface area contributed by atoms with Crippen LogP contribution in [-0.2, 0) is 9.59 Å². The topological polar surface area (TPSA) is 88.0 Å². The molecule has 1 amide bonds. The molecule has 0 atom stereocenters.